The van der Waals surface area contributed by atoms with Gasteiger partial charge in [0.2, 0.25) is 5.91 Å². The largest absolute Gasteiger partial charge is 0.493 e. The number of ether oxygens (including phenoxy) is 2. The van der Waals surface area contributed by atoms with E-state index in [1.54, 1.807) is 24.3 Å². The molecule has 0 fully saturated rings. The number of carbonyl (C=O) groups is 1. The van der Waals surface area contributed by atoms with Crippen LogP contribution in [-0.4, -0.2) is 37.6 Å². The molecule has 29 heavy (non-hydrogen) atoms. The number of anilines is 1. The summed E-state index contributed by atoms with van der Waals surface area (Å²) < 4.78 is 34.7. The number of rotatable bonds is 10. The molecule has 0 aliphatic rings. The molecule has 0 spiro atoms. The van der Waals surface area contributed by atoms with Crippen LogP contribution in [0.1, 0.15) is 5.56 Å². The molecule has 2 N–H and O–H groups in total. The predicted octanol–water partition coefficient (Wildman–Crippen LogP) is 3.45. The zero-order valence-corrected chi connectivity index (χ0v) is 15.4. The molecule has 8 nitrogen and oxygen atoms in total. The van der Waals surface area contributed by atoms with Gasteiger partial charge in [-0.05, 0) is 18.2 Å². The number of hydrogen-bond acceptors (Lipinski definition) is 6. The number of alkyl halides is 2. The normalized spacial score (nSPS) is 10.8. The topological polar surface area (TPSA) is 103 Å². The minimum atomic E-state index is -3.04. The minimum Gasteiger partial charge on any atom is -0.493 e. The average molecular weight is 407 g/mol. The van der Waals surface area contributed by atoms with Gasteiger partial charge in [0, 0.05) is 30.8 Å². The number of benzene rings is 2. The first-order valence-corrected chi connectivity index (χ1v) is 8.47. The molecule has 2 rings (SSSR count). The van der Waals surface area contributed by atoms with Gasteiger partial charge >= 0.3 is 6.61 Å². The first-order valence-electron chi connectivity index (χ1n) is 8.47. The van der Waals surface area contributed by atoms with Gasteiger partial charge in [-0.1, -0.05) is 24.3 Å². The Morgan fingerprint density at radius 2 is 1.97 bits per heavy atom. The van der Waals surface area contributed by atoms with Crippen LogP contribution in [0.4, 0.5) is 20.2 Å². The van der Waals surface area contributed by atoms with E-state index >= 15 is 0 Å². The molecule has 2 aromatic rings. The van der Waals surface area contributed by atoms with Crippen molar-refractivity contribution in [1.29, 1.82) is 0 Å². The van der Waals surface area contributed by atoms with Crippen LogP contribution in [0.15, 0.2) is 48.5 Å². The van der Waals surface area contributed by atoms with E-state index in [9.17, 15) is 23.7 Å². The van der Waals surface area contributed by atoms with Gasteiger partial charge in [-0.2, -0.15) is 8.78 Å². The summed E-state index contributed by atoms with van der Waals surface area (Å²) in [7, 11) is 1.32. The molecule has 0 aliphatic heterocycles. The van der Waals surface area contributed by atoms with E-state index in [1.165, 1.54) is 31.4 Å². The van der Waals surface area contributed by atoms with Crippen LogP contribution in [0.25, 0.3) is 6.08 Å². The lowest BCUT2D eigenvalue weighted by molar-refractivity contribution is -0.384. The summed E-state index contributed by atoms with van der Waals surface area (Å²) in [4.78, 5) is 22.4. The lowest BCUT2D eigenvalue weighted by atomic mass is 10.1. The molecule has 0 aromatic heterocycles. The number of carbonyl (C=O) groups excluding carboxylic acids is 1. The Morgan fingerprint density at radius 1 is 1.21 bits per heavy atom. The lowest BCUT2D eigenvalue weighted by Crippen LogP contribution is -2.27. The molecular formula is C19H19F2N3O5. The molecule has 0 saturated heterocycles. The van der Waals surface area contributed by atoms with Gasteiger partial charge in [0.05, 0.1) is 12.0 Å². The zero-order valence-electron chi connectivity index (χ0n) is 15.4. The Hall–Kier alpha value is -3.69. The molecule has 0 aliphatic carbocycles. The van der Waals surface area contributed by atoms with Crippen molar-refractivity contribution < 1.29 is 28.0 Å². The Balaban J connectivity index is 1.92. The molecule has 1 amide bonds. The standard InChI is InChI=1S/C19H19F2N3O5/c1-28-16-8-4-5-13(18(16)29-19(20)21)9-10-17(25)23-12-11-22-14-6-2-3-7-15(14)24(26)27/h2-10,19,22H,11-12H2,1H3,(H,23,25)/b10-9+. The van der Waals surface area contributed by atoms with E-state index in [2.05, 4.69) is 15.4 Å². The van der Waals surface area contributed by atoms with Crippen molar-refractivity contribution in [2.24, 2.45) is 0 Å². The van der Waals surface area contributed by atoms with Crippen molar-refractivity contribution in [1.82, 2.24) is 5.32 Å². The molecule has 0 saturated carbocycles. The number of amides is 1. The number of nitrogens with zero attached hydrogens (tertiary/aromatic N) is 1. The summed E-state index contributed by atoms with van der Waals surface area (Å²) >= 11 is 0. The van der Waals surface area contributed by atoms with E-state index < -0.39 is 17.4 Å². The van der Waals surface area contributed by atoms with Crippen LogP contribution in [-0.2, 0) is 4.79 Å². The molecule has 154 valence electrons. The quantitative estimate of drug-likeness (QED) is 0.271. The fraction of sp³-hybridized carbons (Fsp3) is 0.211. The number of nitro benzene ring substituents is 1. The van der Waals surface area contributed by atoms with E-state index in [4.69, 9.17) is 4.74 Å². The van der Waals surface area contributed by atoms with E-state index in [0.717, 1.165) is 6.08 Å². The molecule has 0 heterocycles. The van der Waals surface area contributed by atoms with Gasteiger partial charge in [0.25, 0.3) is 5.69 Å². The summed E-state index contributed by atoms with van der Waals surface area (Å²) in [5, 5.41) is 16.4. The van der Waals surface area contributed by atoms with Crippen LogP contribution in [0.3, 0.4) is 0 Å². The summed E-state index contributed by atoms with van der Waals surface area (Å²) in [6.07, 6.45) is 2.49. The SMILES string of the molecule is COc1cccc(/C=C/C(=O)NCCNc2ccccc2[N+](=O)[O-])c1OC(F)F. The molecule has 0 atom stereocenters. The maximum Gasteiger partial charge on any atom is 0.387 e. The predicted molar refractivity (Wildman–Crippen MR) is 103 cm³/mol. The number of para-hydroxylation sites is 3. The maximum absolute atomic E-state index is 12.6. The van der Waals surface area contributed by atoms with E-state index in [0.29, 0.717) is 5.69 Å². The van der Waals surface area contributed by atoms with Crippen molar-refractivity contribution in [3.63, 3.8) is 0 Å². The Bertz CT molecular complexity index is 890. The molecule has 2 aromatic carbocycles. The Labute approximate surface area is 165 Å². The minimum absolute atomic E-state index is 0.0664. The van der Waals surface area contributed by atoms with Gasteiger partial charge in [0.1, 0.15) is 5.69 Å². The van der Waals surface area contributed by atoms with Crippen LogP contribution >= 0.6 is 0 Å². The molecule has 0 bridgehead atoms. The third-order valence-corrected chi connectivity index (χ3v) is 3.69. The summed E-state index contributed by atoms with van der Waals surface area (Å²) in [5.74, 6) is -0.534. The highest BCUT2D eigenvalue weighted by Crippen LogP contribution is 2.33. The van der Waals surface area contributed by atoms with Crippen molar-refractivity contribution in [2.45, 2.75) is 6.61 Å². The highest BCUT2D eigenvalue weighted by Gasteiger charge is 2.14. The van der Waals surface area contributed by atoms with Crippen molar-refractivity contribution in [3.8, 4) is 11.5 Å². The first kappa shape index (κ1) is 21.6. The highest BCUT2D eigenvalue weighted by molar-refractivity contribution is 5.92. The number of nitrogens with one attached hydrogen (secondary N) is 2. The number of hydrogen-bond donors (Lipinski definition) is 2. The second-order valence-electron chi connectivity index (χ2n) is 5.58. The summed E-state index contributed by atoms with van der Waals surface area (Å²) in [5.41, 5.74) is 0.522. The van der Waals surface area contributed by atoms with Gasteiger partial charge in [0.15, 0.2) is 11.5 Å². The van der Waals surface area contributed by atoms with E-state index in [1.807, 2.05) is 0 Å². The van der Waals surface area contributed by atoms with Crippen LogP contribution in [0.5, 0.6) is 11.5 Å². The third-order valence-electron chi connectivity index (χ3n) is 3.69. The highest BCUT2D eigenvalue weighted by atomic mass is 19.3. The molecule has 0 radical (unpaired) electrons. The Kier molecular flexibility index (Phi) is 7.89. The van der Waals surface area contributed by atoms with Gasteiger partial charge in [-0.3, -0.25) is 14.9 Å². The van der Waals surface area contributed by atoms with Crippen LogP contribution in [0.2, 0.25) is 0 Å². The maximum atomic E-state index is 12.6. The van der Waals surface area contributed by atoms with Crippen LogP contribution in [0, 0.1) is 10.1 Å². The fourth-order valence-electron chi connectivity index (χ4n) is 2.43. The van der Waals surface area contributed by atoms with Crippen molar-refractivity contribution in [2.75, 3.05) is 25.5 Å². The second-order valence-corrected chi connectivity index (χ2v) is 5.58. The first-order chi connectivity index (χ1) is 13.9. The smallest absolute Gasteiger partial charge is 0.387 e. The third kappa shape index (κ3) is 6.45. The lowest BCUT2D eigenvalue weighted by Gasteiger charge is -2.12. The van der Waals surface area contributed by atoms with E-state index in [-0.39, 0.29) is 35.8 Å². The number of methoxy groups -OCH3 is 1. The number of nitro groups is 1. The van der Waals surface area contributed by atoms with Crippen molar-refractivity contribution in [3.05, 3.63) is 64.2 Å². The zero-order chi connectivity index (χ0) is 21.2. The second kappa shape index (κ2) is 10.6. The number of halogens is 2. The molecular weight excluding hydrogens is 388 g/mol. The summed E-state index contributed by atoms with van der Waals surface area (Å²) in [6.45, 7) is -2.60. The van der Waals surface area contributed by atoms with Gasteiger partial charge in [-0.15, -0.1) is 0 Å². The van der Waals surface area contributed by atoms with Crippen molar-refractivity contribution >= 4 is 23.4 Å². The Morgan fingerprint density at radius 3 is 2.66 bits per heavy atom. The summed E-state index contributed by atoms with van der Waals surface area (Å²) in [6, 6.07) is 10.7. The molecule has 0 unspecified atom stereocenters. The fourth-order valence-corrected chi connectivity index (χ4v) is 2.43. The van der Waals surface area contributed by atoms with Gasteiger partial charge in [-0.25, -0.2) is 0 Å². The van der Waals surface area contributed by atoms with Crippen LogP contribution < -0.4 is 20.1 Å². The van der Waals surface area contributed by atoms with Gasteiger partial charge < -0.3 is 20.1 Å². The monoisotopic (exact) mass is 407 g/mol. The molecule has 10 heteroatoms. The average Bonchev–Trinajstić information content (AvgIpc) is 2.70.